The average molecular weight is 832 g/mol. The van der Waals surface area contributed by atoms with Gasteiger partial charge in [-0.3, -0.25) is 9.59 Å². The zero-order valence-corrected chi connectivity index (χ0v) is 33.6. The van der Waals surface area contributed by atoms with Gasteiger partial charge in [0.05, 0.1) is 35.5 Å². The lowest BCUT2D eigenvalue weighted by Gasteiger charge is -2.38. The summed E-state index contributed by atoms with van der Waals surface area (Å²) in [6.07, 6.45) is 4.37. The van der Waals surface area contributed by atoms with E-state index in [4.69, 9.17) is 42.1 Å². The Bertz CT molecular complexity index is 2210. The summed E-state index contributed by atoms with van der Waals surface area (Å²) in [5.74, 6) is 1.50. The van der Waals surface area contributed by atoms with Crippen molar-refractivity contribution in [2.75, 3.05) is 25.8 Å². The second-order valence-electron chi connectivity index (χ2n) is 14.7. The van der Waals surface area contributed by atoms with E-state index in [1.807, 2.05) is 26.8 Å². The highest BCUT2D eigenvalue weighted by Gasteiger charge is 2.61. The molecule has 5 rings (SSSR count). The van der Waals surface area contributed by atoms with E-state index < -0.39 is 72.4 Å². The molecule has 3 aromatic carbocycles. The first-order valence-electron chi connectivity index (χ1n) is 18.1. The summed E-state index contributed by atoms with van der Waals surface area (Å²) < 4.78 is 36.5. The number of rotatable bonds is 13. The second kappa shape index (κ2) is 19.1. The number of nitriles is 1. The number of hydrogen-bond donors (Lipinski definition) is 3. The first-order chi connectivity index (χ1) is 27.6. The molecule has 3 aromatic rings. The average Bonchev–Trinajstić information content (AvgIpc) is 3.34. The highest BCUT2D eigenvalue weighted by molar-refractivity contribution is 6.32. The Balaban J connectivity index is 1.31. The molecule has 1 aliphatic heterocycles. The fourth-order valence-corrected chi connectivity index (χ4v) is 7.25. The predicted octanol–water partition coefficient (Wildman–Crippen LogP) is 7.18. The Labute approximate surface area is 345 Å². The summed E-state index contributed by atoms with van der Waals surface area (Å²) in [4.78, 5) is 51.3. The van der Waals surface area contributed by atoms with Gasteiger partial charge in [-0.05, 0) is 53.8 Å². The molecule has 1 fully saturated rings. The first-order valence-corrected chi connectivity index (χ1v) is 18.9. The minimum Gasteiger partial charge on any atom is -0.495 e. The number of carbonyl (C=O) groups is 4. The molecule has 5 atom stereocenters. The number of esters is 2. The quantitative estimate of drug-likeness (QED) is 0.0914. The van der Waals surface area contributed by atoms with Crippen LogP contribution in [0.2, 0.25) is 5.02 Å². The van der Waals surface area contributed by atoms with Crippen molar-refractivity contribution in [1.29, 1.82) is 5.26 Å². The SMILES string of the molecule is COc1cc(C(=O)OCOC(=O)NCC(=O)OCc2ccccc2)ccc1NC(=O)[C@@H]1NC(CC(C)(C)C)[C@](C#N)(c2ccc(Cl)cc2F)C1C1C#CC(Cl)=CC=C1. The third kappa shape index (κ3) is 10.5. The molecule has 0 spiro atoms. The summed E-state index contributed by atoms with van der Waals surface area (Å²) >= 11 is 12.4. The van der Waals surface area contributed by atoms with Gasteiger partial charge in [0, 0.05) is 28.5 Å². The number of benzene rings is 3. The standard InChI is InChI=1S/C43H41Cl2FN4O8/c1-42(2,3)21-35-43(24-47,31-17-16-30(45)20-32(31)46)37(27-11-8-12-29(44)15-13-27)38(50-35)39(52)49-33-18-14-28(19-34(33)55-4)40(53)57-25-58-41(54)48-22-36(51)56-23-26-9-6-5-7-10-26/h5-12,14,16-20,27,35,37-38,50H,21-23,25H2,1-4H3,(H,48,54)(H,49,52)/t27?,35?,37?,38-,43+/m1/s1. The van der Waals surface area contributed by atoms with Gasteiger partial charge in [0.15, 0.2) is 0 Å². The van der Waals surface area contributed by atoms with E-state index in [9.17, 15) is 24.4 Å². The van der Waals surface area contributed by atoms with E-state index in [1.165, 1.54) is 37.4 Å². The van der Waals surface area contributed by atoms with E-state index in [1.54, 1.807) is 42.5 Å². The summed E-state index contributed by atoms with van der Waals surface area (Å²) in [5.41, 5.74) is -0.969. The van der Waals surface area contributed by atoms with Crippen molar-refractivity contribution in [3.63, 3.8) is 0 Å². The van der Waals surface area contributed by atoms with Crippen molar-refractivity contribution in [1.82, 2.24) is 10.6 Å². The van der Waals surface area contributed by atoms with Crippen LogP contribution in [0.15, 0.2) is 90.0 Å². The molecule has 12 nitrogen and oxygen atoms in total. The molecule has 1 heterocycles. The Morgan fingerprint density at radius 3 is 2.47 bits per heavy atom. The van der Waals surface area contributed by atoms with Crippen LogP contribution in [0.5, 0.6) is 5.75 Å². The van der Waals surface area contributed by atoms with Crippen molar-refractivity contribution in [2.45, 2.75) is 51.3 Å². The molecule has 1 aliphatic carbocycles. The zero-order chi connectivity index (χ0) is 42.0. The Hall–Kier alpha value is -5.86. The van der Waals surface area contributed by atoms with Crippen LogP contribution in [0.3, 0.4) is 0 Å². The van der Waals surface area contributed by atoms with Gasteiger partial charge < -0.3 is 34.9 Å². The molecular weight excluding hydrogens is 790 g/mol. The fourth-order valence-electron chi connectivity index (χ4n) is 6.96. The monoisotopic (exact) mass is 830 g/mol. The maximum atomic E-state index is 16.0. The van der Waals surface area contributed by atoms with Crippen molar-refractivity contribution in [3.8, 4) is 23.7 Å². The third-order valence-electron chi connectivity index (χ3n) is 9.48. The van der Waals surface area contributed by atoms with Crippen LogP contribution in [0.1, 0.15) is 48.7 Å². The van der Waals surface area contributed by atoms with Gasteiger partial charge in [-0.25, -0.2) is 14.0 Å². The van der Waals surface area contributed by atoms with Gasteiger partial charge >= 0.3 is 18.0 Å². The molecule has 2 amide bonds. The Morgan fingerprint density at radius 2 is 1.78 bits per heavy atom. The molecular formula is C43H41Cl2FN4O8. The largest absolute Gasteiger partial charge is 0.495 e. The first kappa shape index (κ1) is 43.3. The number of allylic oxidation sites excluding steroid dienone is 4. The maximum Gasteiger partial charge on any atom is 0.410 e. The number of halogens is 3. The number of nitrogens with zero attached hydrogens (tertiary/aromatic N) is 1. The van der Waals surface area contributed by atoms with Crippen LogP contribution in [0.25, 0.3) is 0 Å². The van der Waals surface area contributed by atoms with Crippen molar-refractivity contribution in [2.24, 2.45) is 17.3 Å². The van der Waals surface area contributed by atoms with Crippen LogP contribution < -0.4 is 20.7 Å². The van der Waals surface area contributed by atoms with Crippen LogP contribution >= 0.6 is 23.2 Å². The molecule has 302 valence electrons. The number of anilines is 1. The third-order valence-corrected chi connectivity index (χ3v) is 9.93. The summed E-state index contributed by atoms with van der Waals surface area (Å²) in [5, 5.41) is 20.0. The van der Waals surface area contributed by atoms with E-state index in [-0.39, 0.29) is 44.6 Å². The lowest BCUT2D eigenvalue weighted by atomic mass is 9.61. The highest BCUT2D eigenvalue weighted by Crippen LogP contribution is 2.51. The van der Waals surface area contributed by atoms with Crippen molar-refractivity contribution in [3.05, 3.63) is 118 Å². The lowest BCUT2D eigenvalue weighted by molar-refractivity contribution is -0.143. The Morgan fingerprint density at radius 1 is 1.02 bits per heavy atom. The van der Waals surface area contributed by atoms with Gasteiger partial charge in [0.25, 0.3) is 0 Å². The van der Waals surface area contributed by atoms with E-state index in [2.05, 4.69) is 33.9 Å². The van der Waals surface area contributed by atoms with E-state index >= 15 is 4.39 Å². The zero-order valence-electron chi connectivity index (χ0n) is 32.1. The lowest BCUT2D eigenvalue weighted by Crippen LogP contribution is -2.47. The number of alkyl carbamates (subject to hydrolysis) is 1. The van der Waals surface area contributed by atoms with Crippen molar-refractivity contribution >= 4 is 52.8 Å². The molecule has 58 heavy (non-hydrogen) atoms. The van der Waals surface area contributed by atoms with Gasteiger partial charge in [-0.1, -0.05) is 104 Å². The molecule has 3 unspecified atom stereocenters. The predicted molar refractivity (Wildman–Crippen MR) is 214 cm³/mol. The topological polar surface area (TPSA) is 165 Å². The molecule has 2 aliphatic rings. The van der Waals surface area contributed by atoms with Crippen LogP contribution in [0.4, 0.5) is 14.9 Å². The molecule has 0 radical (unpaired) electrons. The van der Waals surface area contributed by atoms with Crippen LogP contribution in [0, 0.1) is 46.2 Å². The van der Waals surface area contributed by atoms with Crippen LogP contribution in [-0.4, -0.2) is 56.5 Å². The minimum atomic E-state index is -1.62. The van der Waals surface area contributed by atoms with Gasteiger partial charge in [0.1, 0.15) is 30.1 Å². The summed E-state index contributed by atoms with van der Waals surface area (Å²) in [7, 11) is 1.33. The van der Waals surface area contributed by atoms with E-state index in [0.29, 0.717) is 6.42 Å². The molecule has 3 N–H and O–H groups in total. The number of methoxy groups -OCH3 is 1. The van der Waals surface area contributed by atoms with Gasteiger partial charge in [-0.15, -0.1) is 0 Å². The molecule has 15 heteroatoms. The number of amides is 2. The number of hydrogen-bond acceptors (Lipinski definition) is 10. The summed E-state index contributed by atoms with van der Waals surface area (Å²) in [6, 6.07) is 17.8. The normalized spacial score (nSPS) is 20.9. The fraction of sp³-hybridized carbons (Fsp3) is 0.326. The maximum absolute atomic E-state index is 16.0. The molecule has 0 saturated carbocycles. The molecule has 1 saturated heterocycles. The smallest absolute Gasteiger partial charge is 0.410 e. The number of carbonyl (C=O) groups excluding carboxylic acids is 4. The Kier molecular flexibility index (Phi) is 14.2. The van der Waals surface area contributed by atoms with Gasteiger partial charge in [-0.2, -0.15) is 5.26 Å². The number of ether oxygens (including phenoxy) is 4. The molecule has 0 bridgehead atoms. The second-order valence-corrected chi connectivity index (χ2v) is 15.5. The highest BCUT2D eigenvalue weighted by atomic mass is 35.5. The summed E-state index contributed by atoms with van der Waals surface area (Å²) in [6.45, 7) is 4.74. The molecule has 0 aromatic heterocycles. The van der Waals surface area contributed by atoms with Crippen LogP contribution in [-0.2, 0) is 35.8 Å². The number of nitrogens with one attached hydrogen (secondary N) is 3. The van der Waals surface area contributed by atoms with Crippen molar-refractivity contribution < 1.29 is 42.5 Å². The van der Waals surface area contributed by atoms with E-state index in [0.717, 1.165) is 11.6 Å². The minimum absolute atomic E-state index is 0.00425. The van der Waals surface area contributed by atoms with Gasteiger partial charge in [0.2, 0.25) is 12.7 Å².